The van der Waals surface area contributed by atoms with Gasteiger partial charge < -0.3 is 15.0 Å². The zero-order chi connectivity index (χ0) is 18.0. The van der Waals surface area contributed by atoms with Gasteiger partial charge in [-0.05, 0) is 6.42 Å². The number of carbonyl (C=O) groups excluding carboxylic acids is 1. The van der Waals surface area contributed by atoms with Gasteiger partial charge in [0.1, 0.15) is 5.01 Å². The Morgan fingerprint density at radius 3 is 2.67 bits per heavy atom. The molecule has 2 aromatic rings. The van der Waals surface area contributed by atoms with Crippen LogP contribution in [0.5, 0.6) is 0 Å². The second kappa shape index (κ2) is 6.85. The Morgan fingerprint density at radius 1 is 1.42 bits per heavy atom. The number of rotatable bonds is 6. The highest BCUT2D eigenvalue weighted by Crippen LogP contribution is 2.40. The maximum absolute atomic E-state index is 13.3. The summed E-state index contributed by atoms with van der Waals surface area (Å²) < 4.78 is 41.0. The smallest absolute Gasteiger partial charge is 0.374 e. The Kier molecular flexibility index (Phi) is 5.23. The topological polar surface area (TPSA) is 92.9 Å². The molecule has 0 aliphatic carbocycles. The SMILES string of the molecule is CCCc1nnc(NC(=O)CC(O)(c2nccn2C)C(F)(F)F)s1. The summed E-state index contributed by atoms with van der Waals surface area (Å²) in [6.45, 7) is 1.94. The van der Waals surface area contributed by atoms with Gasteiger partial charge in [0.25, 0.3) is 0 Å². The molecule has 7 nitrogen and oxygen atoms in total. The summed E-state index contributed by atoms with van der Waals surface area (Å²) in [5.74, 6) is -1.69. The van der Waals surface area contributed by atoms with Gasteiger partial charge in [-0.1, -0.05) is 18.3 Å². The number of anilines is 1. The average molecular weight is 363 g/mol. The number of imidazole rings is 1. The Balaban J connectivity index is 2.17. The molecule has 11 heteroatoms. The first-order chi connectivity index (χ1) is 11.2. The largest absolute Gasteiger partial charge is 0.425 e. The van der Waals surface area contributed by atoms with Crippen molar-refractivity contribution in [2.45, 2.75) is 38.0 Å². The molecule has 0 aromatic carbocycles. The van der Waals surface area contributed by atoms with Gasteiger partial charge in [0.15, 0.2) is 5.82 Å². The average Bonchev–Trinajstić information content (AvgIpc) is 3.07. The lowest BCUT2D eigenvalue weighted by atomic mass is 9.97. The van der Waals surface area contributed by atoms with Crippen molar-refractivity contribution in [2.75, 3.05) is 5.32 Å². The molecule has 0 saturated heterocycles. The Bertz CT molecular complexity index is 715. The van der Waals surface area contributed by atoms with Crippen molar-refractivity contribution in [1.82, 2.24) is 19.7 Å². The van der Waals surface area contributed by atoms with Gasteiger partial charge in [-0.2, -0.15) is 13.2 Å². The number of nitrogens with zero attached hydrogens (tertiary/aromatic N) is 4. The lowest BCUT2D eigenvalue weighted by molar-refractivity contribution is -0.270. The van der Waals surface area contributed by atoms with Gasteiger partial charge in [-0.15, -0.1) is 10.2 Å². The number of amides is 1. The van der Waals surface area contributed by atoms with E-state index in [2.05, 4.69) is 20.5 Å². The summed E-state index contributed by atoms with van der Waals surface area (Å²) in [4.78, 5) is 15.5. The third kappa shape index (κ3) is 3.73. The van der Waals surface area contributed by atoms with Crippen LogP contribution >= 0.6 is 11.3 Å². The molecule has 2 heterocycles. The van der Waals surface area contributed by atoms with Gasteiger partial charge in [0.2, 0.25) is 16.6 Å². The summed E-state index contributed by atoms with van der Waals surface area (Å²) in [5, 5.41) is 20.6. The predicted molar refractivity (Wildman–Crippen MR) is 80.3 cm³/mol. The molecule has 2 N–H and O–H groups in total. The zero-order valence-corrected chi connectivity index (χ0v) is 13.8. The summed E-state index contributed by atoms with van der Waals surface area (Å²) >= 11 is 1.08. The number of halogens is 3. The molecular formula is C13H16F3N5O2S. The van der Waals surface area contributed by atoms with Gasteiger partial charge in [0, 0.05) is 25.9 Å². The standard InChI is InChI=1S/C13H16F3N5O2S/c1-3-4-9-19-20-11(24-9)18-8(22)7-12(23,13(14,15)16)10-17-5-6-21(10)2/h5-6,23H,3-4,7H2,1-2H3,(H,18,20,22). The zero-order valence-electron chi connectivity index (χ0n) is 13.0. The van der Waals surface area contributed by atoms with E-state index in [1.165, 1.54) is 13.2 Å². The van der Waals surface area contributed by atoms with Crippen molar-refractivity contribution in [1.29, 1.82) is 0 Å². The molecule has 0 spiro atoms. The molecule has 0 aliphatic rings. The van der Waals surface area contributed by atoms with Crippen molar-refractivity contribution in [3.8, 4) is 0 Å². The van der Waals surface area contributed by atoms with Crippen LogP contribution in [0, 0.1) is 0 Å². The molecular weight excluding hydrogens is 347 g/mol. The van der Waals surface area contributed by atoms with Crippen molar-refractivity contribution < 1.29 is 23.1 Å². The second-order valence-corrected chi connectivity index (χ2v) is 6.26. The molecule has 0 bridgehead atoms. The Labute approximate surface area is 139 Å². The molecule has 0 aliphatic heterocycles. The van der Waals surface area contributed by atoms with E-state index < -0.39 is 29.9 Å². The van der Waals surface area contributed by atoms with Crippen LogP contribution in [0.4, 0.5) is 18.3 Å². The van der Waals surface area contributed by atoms with E-state index in [1.54, 1.807) is 0 Å². The molecule has 24 heavy (non-hydrogen) atoms. The Morgan fingerprint density at radius 2 is 2.12 bits per heavy atom. The number of aromatic nitrogens is 4. The number of hydrogen-bond donors (Lipinski definition) is 2. The lowest BCUT2D eigenvalue weighted by Gasteiger charge is -2.29. The third-order valence-corrected chi connectivity index (χ3v) is 4.15. The molecule has 132 valence electrons. The van der Waals surface area contributed by atoms with Crippen molar-refractivity contribution >= 4 is 22.4 Å². The van der Waals surface area contributed by atoms with Gasteiger partial charge >= 0.3 is 6.18 Å². The van der Waals surface area contributed by atoms with Crippen LogP contribution in [-0.2, 0) is 23.9 Å². The van der Waals surface area contributed by atoms with E-state index in [0.29, 0.717) is 11.4 Å². The minimum Gasteiger partial charge on any atom is -0.374 e. The van der Waals surface area contributed by atoms with Crippen molar-refractivity contribution in [3.63, 3.8) is 0 Å². The highest BCUT2D eigenvalue weighted by atomic mass is 32.1. The summed E-state index contributed by atoms with van der Waals surface area (Å²) in [5.41, 5.74) is -3.40. The van der Waals surface area contributed by atoms with Crippen molar-refractivity contribution in [3.05, 3.63) is 23.2 Å². The molecule has 0 radical (unpaired) electrons. The normalized spacial score (nSPS) is 14.4. The first-order valence-electron chi connectivity index (χ1n) is 7.06. The summed E-state index contributed by atoms with van der Waals surface area (Å²) in [7, 11) is 1.30. The third-order valence-electron chi connectivity index (χ3n) is 3.25. The van der Waals surface area contributed by atoms with Crippen molar-refractivity contribution in [2.24, 2.45) is 7.05 Å². The van der Waals surface area contributed by atoms with E-state index in [1.807, 2.05) is 6.92 Å². The highest BCUT2D eigenvalue weighted by molar-refractivity contribution is 7.15. The van der Waals surface area contributed by atoms with Crippen LogP contribution in [-0.4, -0.2) is 36.9 Å². The fourth-order valence-corrected chi connectivity index (χ4v) is 2.94. The Hall–Kier alpha value is -2.01. The quantitative estimate of drug-likeness (QED) is 0.819. The molecule has 1 atom stereocenters. The monoisotopic (exact) mass is 363 g/mol. The fraction of sp³-hybridized carbons (Fsp3) is 0.538. The first kappa shape index (κ1) is 18.3. The van der Waals surface area contributed by atoms with E-state index in [0.717, 1.165) is 28.5 Å². The molecule has 0 saturated carbocycles. The first-order valence-corrected chi connectivity index (χ1v) is 7.88. The van der Waals surface area contributed by atoms with Gasteiger partial charge in [-0.3, -0.25) is 4.79 Å². The van der Waals surface area contributed by atoms with E-state index in [9.17, 15) is 23.1 Å². The molecule has 0 fully saturated rings. The van der Waals surface area contributed by atoms with Crippen LogP contribution < -0.4 is 5.32 Å². The highest BCUT2D eigenvalue weighted by Gasteiger charge is 2.58. The molecule has 2 rings (SSSR count). The maximum atomic E-state index is 13.3. The number of aryl methyl sites for hydroxylation is 2. The summed E-state index contributed by atoms with van der Waals surface area (Å²) in [6, 6.07) is 0. The fourth-order valence-electron chi connectivity index (χ4n) is 2.09. The van der Waals surface area contributed by atoms with Gasteiger partial charge in [0.05, 0.1) is 6.42 Å². The van der Waals surface area contributed by atoms with Gasteiger partial charge in [-0.25, -0.2) is 4.98 Å². The number of alkyl halides is 3. The number of nitrogens with one attached hydrogen (secondary N) is 1. The predicted octanol–water partition coefficient (Wildman–Crippen LogP) is 2.00. The number of hydrogen-bond acceptors (Lipinski definition) is 6. The van der Waals surface area contributed by atoms with E-state index in [-0.39, 0.29) is 5.13 Å². The minimum absolute atomic E-state index is 0.0906. The minimum atomic E-state index is -5.07. The number of aliphatic hydroxyl groups is 1. The maximum Gasteiger partial charge on any atom is 0.425 e. The second-order valence-electron chi connectivity index (χ2n) is 5.20. The van der Waals surface area contributed by atoms with Crippen LogP contribution in [0.15, 0.2) is 12.4 Å². The lowest BCUT2D eigenvalue weighted by Crippen LogP contribution is -2.46. The van der Waals surface area contributed by atoms with E-state index >= 15 is 0 Å². The van der Waals surface area contributed by atoms with Crippen LogP contribution in [0.1, 0.15) is 30.6 Å². The van der Waals surface area contributed by atoms with Crippen LogP contribution in [0.2, 0.25) is 0 Å². The van der Waals surface area contributed by atoms with E-state index in [4.69, 9.17) is 0 Å². The molecule has 1 amide bonds. The van der Waals surface area contributed by atoms with Crippen LogP contribution in [0.25, 0.3) is 0 Å². The number of carbonyl (C=O) groups is 1. The summed E-state index contributed by atoms with van der Waals surface area (Å²) in [6.07, 6.45) is -2.44. The van der Waals surface area contributed by atoms with Crippen LogP contribution in [0.3, 0.4) is 0 Å². The molecule has 1 unspecified atom stereocenters. The molecule has 2 aromatic heterocycles.